The summed E-state index contributed by atoms with van der Waals surface area (Å²) in [4.78, 5) is 11.3. The van der Waals surface area contributed by atoms with Gasteiger partial charge in [0.15, 0.2) is 0 Å². The average Bonchev–Trinajstić information content (AvgIpc) is 2.13. The second kappa shape index (κ2) is 4.30. The molecule has 1 rings (SSSR count). The van der Waals surface area contributed by atoms with Crippen molar-refractivity contribution in [2.45, 2.75) is 52.4 Å². The Hall–Kier alpha value is -1.51. The van der Waals surface area contributed by atoms with E-state index in [-0.39, 0.29) is 22.1 Å². The molecule has 0 aliphatic heterocycles. The van der Waals surface area contributed by atoms with Crippen LogP contribution in [0.5, 0.6) is 5.75 Å². The molecule has 0 aliphatic carbocycles. The van der Waals surface area contributed by atoms with E-state index in [9.17, 15) is 15.0 Å². The van der Waals surface area contributed by atoms with Gasteiger partial charge in [0.2, 0.25) is 0 Å². The molecule has 0 unspecified atom stereocenters. The van der Waals surface area contributed by atoms with Crippen molar-refractivity contribution in [2.24, 2.45) is 0 Å². The van der Waals surface area contributed by atoms with Crippen LogP contribution < -0.4 is 0 Å². The molecule has 1 N–H and O–H groups in total. The van der Waals surface area contributed by atoms with Gasteiger partial charge in [-0.3, -0.25) is 0 Å². The Morgan fingerprint density at radius 3 is 1.72 bits per heavy atom. The maximum atomic E-state index is 11.3. The number of benzene rings is 1. The summed E-state index contributed by atoms with van der Waals surface area (Å²) in [5.41, 5.74) is 0.770. The second-order valence-corrected chi connectivity index (χ2v) is 6.67. The molecule has 0 bridgehead atoms. The SMILES string of the molecule is CC(C)(C)c1c(O)ccc(C([O])=O)c1C(C)(C)C. The molecular formula is C15H21O3. The average molecular weight is 249 g/mol. The number of rotatable bonds is 1. The predicted octanol–water partition coefficient (Wildman–Crippen LogP) is 3.56. The van der Waals surface area contributed by atoms with Gasteiger partial charge in [0.05, 0.1) is 5.56 Å². The van der Waals surface area contributed by atoms with Gasteiger partial charge in [-0.15, -0.1) is 0 Å². The molecule has 1 aromatic carbocycles. The summed E-state index contributed by atoms with van der Waals surface area (Å²) < 4.78 is 0. The van der Waals surface area contributed by atoms with Gasteiger partial charge < -0.3 is 5.11 Å². The van der Waals surface area contributed by atoms with Crippen molar-refractivity contribution in [1.82, 2.24) is 0 Å². The number of phenolic OH excluding ortho intramolecular Hbond substituents is 1. The molecular weight excluding hydrogens is 228 g/mol. The molecule has 1 radical (unpaired) electrons. The van der Waals surface area contributed by atoms with Crippen molar-refractivity contribution in [3.05, 3.63) is 28.8 Å². The minimum absolute atomic E-state index is 0.137. The van der Waals surface area contributed by atoms with E-state index < -0.39 is 5.97 Å². The fourth-order valence-corrected chi connectivity index (χ4v) is 2.30. The Morgan fingerprint density at radius 1 is 0.944 bits per heavy atom. The Labute approximate surface area is 108 Å². The van der Waals surface area contributed by atoms with E-state index in [2.05, 4.69) is 0 Å². The molecule has 3 heteroatoms. The molecule has 0 saturated carbocycles. The van der Waals surface area contributed by atoms with Crippen molar-refractivity contribution in [3.8, 4) is 5.75 Å². The minimum atomic E-state index is -1.20. The highest BCUT2D eigenvalue weighted by Crippen LogP contribution is 2.41. The standard InChI is InChI=1S/C15H21O3/c1-14(2,3)11-9(13(17)18)7-8-10(16)12(11)15(4,5)6/h7-8,16H,1-6H3. The third kappa shape index (κ3) is 2.66. The van der Waals surface area contributed by atoms with Gasteiger partial charge in [-0.25, -0.2) is 9.90 Å². The first-order valence-electron chi connectivity index (χ1n) is 6.04. The summed E-state index contributed by atoms with van der Waals surface area (Å²) in [7, 11) is 0. The van der Waals surface area contributed by atoms with Gasteiger partial charge in [0.1, 0.15) is 5.75 Å². The van der Waals surface area contributed by atoms with Crippen LogP contribution in [0.1, 0.15) is 63.0 Å². The lowest BCUT2D eigenvalue weighted by molar-refractivity contribution is 0.0570. The number of aromatic hydroxyl groups is 1. The maximum absolute atomic E-state index is 11.3. The highest BCUT2D eigenvalue weighted by molar-refractivity contribution is 5.90. The number of carbonyl (C=O) groups excluding carboxylic acids is 1. The van der Waals surface area contributed by atoms with Crippen LogP contribution >= 0.6 is 0 Å². The van der Waals surface area contributed by atoms with Crippen molar-refractivity contribution in [2.75, 3.05) is 0 Å². The van der Waals surface area contributed by atoms with Crippen molar-refractivity contribution in [1.29, 1.82) is 0 Å². The van der Waals surface area contributed by atoms with E-state index in [4.69, 9.17) is 0 Å². The summed E-state index contributed by atoms with van der Waals surface area (Å²) >= 11 is 0. The number of carbonyl (C=O) groups is 1. The van der Waals surface area contributed by atoms with Crippen LogP contribution in [0.25, 0.3) is 0 Å². The first-order chi connectivity index (χ1) is 7.96. The van der Waals surface area contributed by atoms with Crippen molar-refractivity contribution >= 4 is 5.97 Å². The second-order valence-electron chi connectivity index (χ2n) is 6.67. The smallest absolute Gasteiger partial charge is 0.386 e. The summed E-state index contributed by atoms with van der Waals surface area (Å²) in [5.74, 6) is -1.07. The maximum Gasteiger partial charge on any atom is 0.386 e. The Kier molecular flexibility index (Phi) is 3.48. The molecule has 0 fully saturated rings. The van der Waals surface area contributed by atoms with Crippen LogP contribution in [-0.4, -0.2) is 11.1 Å². The third-order valence-corrected chi connectivity index (χ3v) is 2.90. The molecule has 0 aliphatic rings. The van der Waals surface area contributed by atoms with Gasteiger partial charge in [-0.1, -0.05) is 41.5 Å². The fraction of sp³-hybridized carbons (Fsp3) is 0.533. The molecule has 0 atom stereocenters. The topological polar surface area (TPSA) is 57.2 Å². The van der Waals surface area contributed by atoms with Gasteiger partial charge in [-0.05, 0) is 28.5 Å². The minimum Gasteiger partial charge on any atom is -0.508 e. The summed E-state index contributed by atoms with van der Waals surface area (Å²) in [5, 5.41) is 21.3. The molecule has 0 amide bonds. The van der Waals surface area contributed by atoms with Gasteiger partial charge in [0.25, 0.3) is 0 Å². The highest BCUT2D eigenvalue weighted by Gasteiger charge is 2.32. The molecule has 0 heterocycles. The first kappa shape index (κ1) is 14.6. The van der Waals surface area contributed by atoms with Crippen LogP contribution in [0.4, 0.5) is 0 Å². The molecule has 18 heavy (non-hydrogen) atoms. The fourth-order valence-electron chi connectivity index (χ4n) is 2.30. The third-order valence-electron chi connectivity index (χ3n) is 2.90. The summed E-state index contributed by atoms with van der Waals surface area (Å²) in [6, 6.07) is 2.85. The van der Waals surface area contributed by atoms with Gasteiger partial charge in [-0.2, -0.15) is 0 Å². The first-order valence-corrected chi connectivity index (χ1v) is 6.04. The van der Waals surface area contributed by atoms with Crippen LogP contribution in [0.3, 0.4) is 0 Å². The van der Waals surface area contributed by atoms with Crippen LogP contribution in [0.15, 0.2) is 12.1 Å². The van der Waals surface area contributed by atoms with E-state index in [0.717, 1.165) is 0 Å². The molecule has 0 aromatic heterocycles. The van der Waals surface area contributed by atoms with Crippen molar-refractivity contribution < 1.29 is 15.0 Å². The van der Waals surface area contributed by atoms with E-state index in [0.29, 0.717) is 11.1 Å². The van der Waals surface area contributed by atoms with Crippen LogP contribution in [-0.2, 0) is 15.9 Å². The quantitative estimate of drug-likeness (QED) is 0.827. The highest BCUT2D eigenvalue weighted by atomic mass is 16.4. The van der Waals surface area contributed by atoms with E-state index in [1.54, 1.807) is 0 Å². The van der Waals surface area contributed by atoms with Crippen molar-refractivity contribution in [3.63, 3.8) is 0 Å². The lowest BCUT2D eigenvalue weighted by Crippen LogP contribution is -2.25. The predicted molar refractivity (Wildman–Crippen MR) is 70.5 cm³/mol. The Bertz CT molecular complexity index is 474. The Morgan fingerprint density at radius 2 is 1.39 bits per heavy atom. The zero-order valence-corrected chi connectivity index (χ0v) is 11.9. The lowest BCUT2D eigenvalue weighted by atomic mass is 9.72. The Balaban J connectivity index is 3.79. The number of phenols is 1. The number of hydrogen-bond donors (Lipinski definition) is 1. The lowest BCUT2D eigenvalue weighted by Gasteiger charge is -2.31. The molecule has 3 nitrogen and oxygen atoms in total. The van der Waals surface area contributed by atoms with E-state index >= 15 is 0 Å². The summed E-state index contributed by atoms with van der Waals surface area (Å²) in [6.07, 6.45) is 0. The van der Waals surface area contributed by atoms with Crippen LogP contribution in [0, 0.1) is 0 Å². The van der Waals surface area contributed by atoms with Crippen LogP contribution in [0.2, 0.25) is 0 Å². The van der Waals surface area contributed by atoms with Gasteiger partial charge >= 0.3 is 5.97 Å². The zero-order chi connectivity index (χ0) is 14.3. The molecule has 0 spiro atoms. The monoisotopic (exact) mass is 249 g/mol. The van der Waals surface area contributed by atoms with E-state index in [1.165, 1.54) is 12.1 Å². The molecule has 99 valence electrons. The zero-order valence-electron chi connectivity index (χ0n) is 11.9. The normalized spacial score (nSPS) is 12.6. The molecule has 0 saturated heterocycles. The molecule has 1 aromatic rings. The largest absolute Gasteiger partial charge is 0.508 e. The summed E-state index contributed by atoms with van der Waals surface area (Å²) in [6.45, 7) is 11.7. The number of hydrogen-bond acceptors (Lipinski definition) is 2. The van der Waals surface area contributed by atoms with E-state index in [1.807, 2.05) is 41.5 Å². The van der Waals surface area contributed by atoms with Gasteiger partial charge in [0, 0.05) is 5.56 Å².